The van der Waals surface area contributed by atoms with Crippen LogP contribution in [-0.4, -0.2) is 9.97 Å². The Morgan fingerprint density at radius 1 is 1.14 bits per heavy atom. The Hall–Kier alpha value is -2.57. The standard InChI is InChI=1S/C21H15ClF2N2OS/c1-3-15-16(11-7-8-12(22)10(2)9-11)18-20(27)25-19(26-21(18)28-15)17-13(23)5-4-6-14(17)24/h4-9H,3H2,1-2H3,(H,25,26,27). The Morgan fingerprint density at radius 3 is 2.50 bits per heavy atom. The minimum atomic E-state index is -0.775. The topological polar surface area (TPSA) is 45.8 Å². The van der Waals surface area contributed by atoms with E-state index < -0.39 is 17.2 Å². The highest BCUT2D eigenvalue weighted by atomic mass is 35.5. The van der Waals surface area contributed by atoms with Crippen LogP contribution in [-0.2, 0) is 6.42 Å². The molecular formula is C21H15ClF2N2OS. The number of hydrogen-bond donors (Lipinski definition) is 1. The number of nitrogens with zero attached hydrogens (tertiary/aromatic N) is 1. The lowest BCUT2D eigenvalue weighted by Gasteiger charge is -2.07. The molecular weight excluding hydrogens is 402 g/mol. The molecule has 0 radical (unpaired) electrons. The van der Waals surface area contributed by atoms with Crippen LogP contribution in [0.15, 0.2) is 41.2 Å². The van der Waals surface area contributed by atoms with Crippen LogP contribution < -0.4 is 5.56 Å². The van der Waals surface area contributed by atoms with E-state index in [-0.39, 0.29) is 11.4 Å². The quantitative estimate of drug-likeness (QED) is 0.437. The van der Waals surface area contributed by atoms with Gasteiger partial charge >= 0.3 is 0 Å². The average Bonchev–Trinajstić information content (AvgIpc) is 3.03. The van der Waals surface area contributed by atoms with E-state index in [2.05, 4.69) is 9.97 Å². The molecule has 0 fully saturated rings. The van der Waals surface area contributed by atoms with Crippen LogP contribution in [0.4, 0.5) is 8.78 Å². The number of aryl methyl sites for hydroxylation is 2. The van der Waals surface area contributed by atoms with Crippen LogP contribution in [0.5, 0.6) is 0 Å². The van der Waals surface area contributed by atoms with Gasteiger partial charge in [0.2, 0.25) is 0 Å². The average molecular weight is 417 g/mol. The SMILES string of the molecule is CCc1sc2nc(-c3c(F)cccc3F)[nH]c(=O)c2c1-c1ccc(Cl)c(C)c1. The van der Waals surface area contributed by atoms with Gasteiger partial charge in [-0.05, 0) is 48.7 Å². The number of nitrogens with one attached hydrogen (secondary N) is 1. The van der Waals surface area contributed by atoms with Crippen LogP contribution in [0.1, 0.15) is 17.4 Å². The first-order chi connectivity index (χ1) is 13.4. The molecule has 0 saturated heterocycles. The second-order valence-electron chi connectivity index (χ2n) is 6.41. The van der Waals surface area contributed by atoms with Crippen molar-refractivity contribution in [3.05, 3.63) is 73.8 Å². The Balaban J connectivity index is 2.01. The molecule has 0 aliphatic heterocycles. The second-order valence-corrected chi connectivity index (χ2v) is 7.90. The number of H-pyrrole nitrogens is 1. The Morgan fingerprint density at radius 2 is 1.86 bits per heavy atom. The molecule has 3 nitrogen and oxygen atoms in total. The minimum absolute atomic E-state index is 0.115. The van der Waals surface area contributed by atoms with Gasteiger partial charge in [-0.15, -0.1) is 11.3 Å². The molecule has 28 heavy (non-hydrogen) atoms. The van der Waals surface area contributed by atoms with E-state index in [9.17, 15) is 13.6 Å². The van der Waals surface area contributed by atoms with Crippen molar-refractivity contribution in [1.82, 2.24) is 9.97 Å². The number of benzene rings is 2. The molecule has 4 rings (SSSR count). The third-order valence-corrected chi connectivity index (χ3v) is 6.25. The summed E-state index contributed by atoms with van der Waals surface area (Å²) in [5, 5.41) is 1.06. The van der Waals surface area contributed by atoms with E-state index in [4.69, 9.17) is 11.6 Å². The molecule has 1 N–H and O–H groups in total. The number of fused-ring (bicyclic) bond motifs is 1. The first-order valence-corrected chi connectivity index (χ1v) is 9.86. The predicted octanol–water partition coefficient (Wildman–Crippen LogP) is 6.12. The Kier molecular flexibility index (Phi) is 4.77. The first-order valence-electron chi connectivity index (χ1n) is 8.67. The van der Waals surface area contributed by atoms with Crippen molar-refractivity contribution in [2.24, 2.45) is 0 Å². The smallest absolute Gasteiger partial charge is 0.260 e. The van der Waals surface area contributed by atoms with Gasteiger partial charge in [0.15, 0.2) is 0 Å². The normalized spacial score (nSPS) is 11.3. The van der Waals surface area contributed by atoms with E-state index in [1.54, 1.807) is 6.07 Å². The third kappa shape index (κ3) is 3.02. The van der Waals surface area contributed by atoms with Crippen molar-refractivity contribution in [2.75, 3.05) is 0 Å². The maximum absolute atomic E-state index is 14.2. The van der Waals surface area contributed by atoms with Crippen LogP contribution in [0.3, 0.4) is 0 Å². The molecule has 0 aliphatic rings. The summed E-state index contributed by atoms with van der Waals surface area (Å²) in [6.45, 7) is 3.89. The van der Waals surface area contributed by atoms with Gasteiger partial charge in [-0.2, -0.15) is 0 Å². The first kappa shape index (κ1) is 18.8. The van der Waals surface area contributed by atoms with Crippen molar-refractivity contribution < 1.29 is 8.78 Å². The van der Waals surface area contributed by atoms with Crippen LogP contribution in [0.25, 0.3) is 32.7 Å². The van der Waals surface area contributed by atoms with E-state index >= 15 is 0 Å². The van der Waals surface area contributed by atoms with Gasteiger partial charge < -0.3 is 4.98 Å². The lowest BCUT2D eigenvalue weighted by atomic mass is 10.0. The van der Waals surface area contributed by atoms with Crippen molar-refractivity contribution >= 4 is 33.2 Å². The zero-order chi connectivity index (χ0) is 20.0. The Bertz CT molecular complexity index is 1260. The van der Waals surface area contributed by atoms with E-state index in [1.807, 2.05) is 26.0 Å². The predicted molar refractivity (Wildman–Crippen MR) is 110 cm³/mol. The molecule has 2 aromatic heterocycles. The summed E-state index contributed by atoms with van der Waals surface area (Å²) < 4.78 is 28.3. The highest BCUT2D eigenvalue weighted by Gasteiger charge is 2.21. The van der Waals surface area contributed by atoms with Crippen molar-refractivity contribution in [2.45, 2.75) is 20.3 Å². The maximum Gasteiger partial charge on any atom is 0.260 e. The third-order valence-electron chi connectivity index (χ3n) is 4.60. The summed E-state index contributed by atoms with van der Waals surface area (Å²) in [4.78, 5) is 21.3. The van der Waals surface area contributed by atoms with Gasteiger partial charge in [-0.3, -0.25) is 4.79 Å². The summed E-state index contributed by atoms with van der Waals surface area (Å²) in [5.74, 6) is -1.66. The number of rotatable bonds is 3. The Labute approximate surface area is 168 Å². The molecule has 142 valence electrons. The van der Waals surface area contributed by atoms with Crippen LogP contribution in [0, 0.1) is 18.6 Å². The van der Waals surface area contributed by atoms with Gasteiger partial charge in [-0.1, -0.05) is 30.7 Å². The summed E-state index contributed by atoms with van der Waals surface area (Å²) in [5.41, 5.74) is 1.78. The molecule has 0 unspecified atom stereocenters. The van der Waals surface area contributed by atoms with E-state index in [0.717, 1.165) is 33.7 Å². The highest BCUT2D eigenvalue weighted by Crippen LogP contribution is 2.38. The molecule has 7 heteroatoms. The fraction of sp³-hybridized carbons (Fsp3) is 0.143. The number of halogens is 3. The van der Waals surface area contributed by atoms with Crippen LogP contribution >= 0.6 is 22.9 Å². The fourth-order valence-electron chi connectivity index (χ4n) is 3.25. The fourth-order valence-corrected chi connectivity index (χ4v) is 4.50. The zero-order valence-corrected chi connectivity index (χ0v) is 16.6. The highest BCUT2D eigenvalue weighted by molar-refractivity contribution is 7.19. The van der Waals surface area contributed by atoms with Crippen molar-refractivity contribution in [3.63, 3.8) is 0 Å². The van der Waals surface area contributed by atoms with E-state index in [0.29, 0.717) is 21.7 Å². The molecule has 4 aromatic rings. The number of thiophene rings is 1. The number of aromatic nitrogens is 2. The van der Waals surface area contributed by atoms with Crippen molar-refractivity contribution in [1.29, 1.82) is 0 Å². The minimum Gasteiger partial charge on any atom is -0.306 e. The summed E-state index contributed by atoms with van der Waals surface area (Å²) >= 11 is 7.49. The van der Waals surface area contributed by atoms with Gasteiger partial charge in [0.05, 0.1) is 10.9 Å². The lowest BCUT2D eigenvalue weighted by molar-refractivity contribution is 0.587. The maximum atomic E-state index is 14.2. The van der Waals surface area contributed by atoms with E-state index in [1.165, 1.54) is 17.4 Å². The van der Waals surface area contributed by atoms with Gasteiger partial charge in [0.1, 0.15) is 22.3 Å². The van der Waals surface area contributed by atoms with Gasteiger partial charge in [-0.25, -0.2) is 13.8 Å². The molecule has 2 aromatic carbocycles. The zero-order valence-electron chi connectivity index (χ0n) is 15.1. The lowest BCUT2D eigenvalue weighted by Crippen LogP contribution is -2.10. The summed E-state index contributed by atoms with van der Waals surface area (Å²) in [6, 6.07) is 9.12. The summed E-state index contributed by atoms with van der Waals surface area (Å²) in [6.07, 6.45) is 0.695. The molecule has 0 amide bonds. The summed E-state index contributed by atoms with van der Waals surface area (Å²) in [7, 11) is 0. The largest absolute Gasteiger partial charge is 0.306 e. The second kappa shape index (κ2) is 7.11. The molecule has 0 atom stereocenters. The van der Waals surface area contributed by atoms with Crippen LogP contribution in [0.2, 0.25) is 5.02 Å². The number of aromatic amines is 1. The molecule has 0 spiro atoms. The van der Waals surface area contributed by atoms with Gasteiger partial charge in [0, 0.05) is 15.5 Å². The number of hydrogen-bond acceptors (Lipinski definition) is 3. The molecule has 0 bridgehead atoms. The van der Waals surface area contributed by atoms with Gasteiger partial charge in [0.25, 0.3) is 5.56 Å². The monoisotopic (exact) mass is 416 g/mol. The molecule has 2 heterocycles. The molecule has 0 saturated carbocycles. The molecule has 0 aliphatic carbocycles. The van der Waals surface area contributed by atoms with Crippen molar-refractivity contribution in [3.8, 4) is 22.5 Å².